The standard InChI is InChI=1S/C20H19NO7S/c1-12-3-6-16(7-4-12)29(25,26)21-13(2)20(24)27-11-14-9-19(23)28-18-10-15(22)5-8-17(14)18/h3-10,13,21-22H,11H2,1-2H3/t13-/m0/s1. The number of hydrogen-bond donors (Lipinski definition) is 2. The first-order chi connectivity index (χ1) is 13.7. The van der Waals surface area contributed by atoms with Gasteiger partial charge in [0.1, 0.15) is 24.0 Å². The number of nitrogens with one attached hydrogen (secondary N) is 1. The zero-order valence-electron chi connectivity index (χ0n) is 15.7. The van der Waals surface area contributed by atoms with Gasteiger partial charge in [-0.2, -0.15) is 4.72 Å². The summed E-state index contributed by atoms with van der Waals surface area (Å²) in [5, 5.41) is 10.00. The molecule has 0 aliphatic rings. The predicted molar refractivity (Wildman–Crippen MR) is 105 cm³/mol. The number of sulfonamides is 1. The van der Waals surface area contributed by atoms with Gasteiger partial charge in [-0.25, -0.2) is 13.2 Å². The number of carbonyl (C=O) groups is 1. The number of ether oxygens (including phenoxy) is 1. The van der Waals surface area contributed by atoms with Crippen LogP contribution in [0.3, 0.4) is 0 Å². The van der Waals surface area contributed by atoms with E-state index >= 15 is 0 Å². The van der Waals surface area contributed by atoms with Gasteiger partial charge in [0.05, 0.1) is 4.90 Å². The lowest BCUT2D eigenvalue weighted by Crippen LogP contribution is -2.39. The summed E-state index contributed by atoms with van der Waals surface area (Å²) < 4.78 is 37.2. The van der Waals surface area contributed by atoms with Crippen LogP contribution >= 0.6 is 0 Å². The third kappa shape index (κ3) is 4.82. The topological polar surface area (TPSA) is 123 Å². The van der Waals surface area contributed by atoms with Gasteiger partial charge < -0.3 is 14.3 Å². The Hall–Kier alpha value is -3.17. The molecule has 29 heavy (non-hydrogen) atoms. The smallest absolute Gasteiger partial charge is 0.336 e. The summed E-state index contributed by atoms with van der Waals surface area (Å²) in [6, 6.07) is 10.4. The van der Waals surface area contributed by atoms with Crippen LogP contribution in [-0.2, 0) is 26.2 Å². The molecule has 1 heterocycles. The number of phenolic OH excluding ortho intramolecular Hbond substituents is 1. The van der Waals surface area contributed by atoms with E-state index in [0.717, 1.165) is 5.56 Å². The Balaban J connectivity index is 1.71. The van der Waals surface area contributed by atoms with Gasteiger partial charge in [0.2, 0.25) is 10.0 Å². The van der Waals surface area contributed by atoms with Crippen molar-refractivity contribution in [1.82, 2.24) is 4.72 Å². The number of carbonyl (C=O) groups excluding carboxylic acids is 1. The van der Waals surface area contributed by atoms with Crippen molar-refractivity contribution in [2.45, 2.75) is 31.4 Å². The molecule has 0 unspecified atom stereocenters. The fraction of sp³-hybridized carbons (Fsp3) is 0.200. The Bertz CT molecular complexity index is 1210. The Kier molecular flexibility index (Phi) is 5.71. The molecule has 152 valence electrons. The first-order valence-corrected chi connectivity index (χ1v) is 10.2. The average Bonchev–Trinajstić information content (AvgIpc) is 2.65. The molecule has 8 nitrogen and oxygen atoms in total. The monoisotopic (exact) mass is 417 g/mol. The third-order valence-corrected chi connectivity index (χ3v) is 5.76. The van der Waals surface area contributed by atoms with Crippen molar-refractivity contribution in [2.75, 3.05) is 0 Å². The van der Waals surface area contributed by atoms with Gasteiger partial charge in [0.15, 0.2) is 0 Å². The lowest BCUT2D eigenvalue weighted by molar-refractivity contribution is -0.146. The summed E-state index contributed by atoms with van der Waals surface area (Å²) in [4.78, 5) is 24.0. The number of rotatable bonds is 6. The quantitative estimate of drug-likeness (QED) is 0.466. The zero-order valence-corrected chi connectivity index (χ0v) is 16.5. The number of aromatic hydroxyl groups is 1. The van der Waals surface area contributed by atoms with Gasteiger partial charge in [-0.15, -0.1) is 0 Å². The van der Waals surface area contributed by atoms with E-state index in [1.807, 2.05) is 6.92 Å². The van der Waals surface area contributed by atoms with Gasteiger partial charge in [-0.05, 0) is 38.1 Å². The number of esters is 1. The highest BCUT2D eigenvalue weighted by Crippen LogP contribution is 2.22. The first-order valence-electron chi connectivity index (χ1n) is 8.67. The van der Waals surface area contributed by atoms with Gasteiger partial charge in [-0.1, -0.05) is 17.7 Å². The van der Waals surface area contributed by atoms with Gasteiger partial charge in [-0.3, -0.25) is 4.79 Å². The third-order valence-electron chi connectivity index (χ3n) is 4.20. The molecule has 0 radical (unpaired) electrons. The van der Waals surface area contributed by atoms with Crippen LogP contribution in [0.15, 0.2) is 62.6 Å². The van der Waals surface area contributed by atoms with E-state index in [9.17, 15) is 23.1 Å². The summed E-state index contributed by atoms with van der Waals surface area (Å²) >= 11 is 0. The number of benzene rings is 2. The number of phenols is 1. The molecule has 0 spiro atoms. The number of aryl methyl sites for hydroxylation is 1. The molecule has 3 aromatic rings. The molecular weight excluding hydrogens is 398 g/mol. The highest BCUT2D eigenvalue weighted by molar-refractivity contribution is 7.89. The first kappa shape index (κ1) is 20.6. The highest BCUT2D eigenvalue weighted by Gasteiger charge is 2.23. The van der Waals surface area contributed by atoms with E-state index in [-0.39, 0.29) is 22.8 Å². The van der Waals surface area contributed by atoms with Gasteiger partial charge >= 0.3 is 11.6 Å². The maximum absolute atomic E-state index is 12.4. The highest BCUT2D eigenvalue weighted by atomic mass is 32.2. The van der Waals surface area contributed by atoms with Crippen LogP contribution in [0.2, 0.25) is 0 Å². The van der Waals surface area contributed by atoms with Crippen LogP contribution < -0.4 is 10.3 Å². The van der Waals surface area contributed by atoms with E-state index in [4.69, 9.17) is 9.15 Å². The Morgan fingerprint density at radius 2 is 1.86 bits per heavy atom. The van der Waals surface area contributed by atoms with Crippen molar-refractivity contribution >= 4 is 27.0 Å². The molecule has 0 aliphatic heterocycles. The van der Waals surface area contributed by atoms with E-state index in [1.54, 1.807) is 12.1 Å². The summed E-state index contributed by atoms with van der Waals surface area (Å²) in [7, 11) is -3.89. The minimum atomic E-state index is -3.89. The SMILES string of the molecule is Cc1ccc(S(=O)(=O)N[C@@H](C)C(=O)OCc2cc(=O)oc3cc(O)ccc23)cc1. The van der Waals surface area contributed by atoms with Crippen LogP contribution in [0.5, 0.6) is 5.75 Å². The molecule has 2 aromatic carbocycles. The second-order valence-electron chi connectivity index (χ2n) is 6.53. The molecule has 0 aliphatic carbocycles. The molecule has 1 atom stereocenters. The fourth-order valence-electron chi connectivity index (χ4n) is 2.68. The Morgan fingerprint density at radius 3 is 2.55 bits per heavy atom. The summed E-state index contributed by atoms with van der Waals surface area (Å²) in [5.74, 6) is -0.880. The molecule has 1 aromatic heterocycles. The van der Waals surface area contributed by atoms with Crippen LogP contribution in [0.1, 0.15) is 18.1 Å². The largest absolute Gasteiger partial charge is 0.508 e. The fourth-order valence-corrected chi connectivity index (χ4v) is 3.87. The molecule has 3 rings (SSSR count). The lowest BCUT2D eigenvalue weighted by atomic mass is 10.1. The van der Waals surface area contributed by atoms with Crippen molar-refractivity contribution in [1.29, 1.82) is 0 Å². The molecule has 0 bridgehead atoms. The predicted octanol–water partition coefficient (Wildman–Crippen LogP) is 2.22. The van der Waals surface area contributed by atoms with Crippen molar-refractivity contribution in [2.24, 2.45) is 0 Å². The zero-order chi connectivity index (χ0) is 21.2. The number of hydrogen-bond acceptors (Lipinski definition) is 7. The van der Waals surface area contributed by atoms with Gasteiger partial charge in [0.25, 0.3) is 0 Å². The lowest BCUT2D eigenvalue weighted by Gasteiger charge is -2.14. The molecule has 0 saturated carbocycles. The maximum atomic E-state index is 12.4. The maximum Gasteiger partial charge on any atom is 0.336 e. The molecule has 0 amide bonds. The van der Waals surface area contributed by atoms with E-state index < -0.39 is 27.7 Å². The van der Waals surface area contributed by atoms with Crippen molar-refractivity contribution in [3.8, 4) is 5.75 Å². The van der Waals surface area contributed by atoms with Crippen molar-refractivity contribution in [3.05, 3.63) is 70.1 Å². The van der Waals surface area contributed by atoms with Crippen LogP contribution in [-0.4, -0.2) is 25.5 Å². The Morgan fingerprint density at radius 1 is 1.17 bits per heavy atom. The molecule has 0 saturated heterocycles. The minimum Gasteiger partial charge on any atom is -0.508 e. The van der Waals surface area contributed by atoms with E-state index in [1.165, 1.54) is 43.3 Å². The second-order valence-corrected chi connectivity index (χ2v) is 8.25. The van der Waals surface area contributed by atoms with Crippen LogP contribution in [0.25, 0.3) is 11.0 Å². The molecule has 2 N–H and O–H groups in total. The Labute approximate surface area is 166 Å². The van der Waals surface area contributed by atoms with Gasteiger partial charge in [0, 0.05) is 23.1 Å². The van der Waals surface area contributed by atoms with E-state index in [2.05, 4.69) is 4.72 Å². The van der Waals surface area contributed by atoms with Crippen molar-refractivity contribution < 1.29 is 27.5 Å². The summed E-state index contributed by atoms with van der Waals surface area (Å²) in [5.41, 5.74) is 0.765. The average molecular weight is 417 g/mol. The molecule has 0 fully saturated rings. The molecular formula is C20H19NO7S. The summed E-state index contributed by atoms with van der Waals surface area (Å²) in [6.45, 7) is 2.94. The minimum absolute atomic E-state index is 0.0363. The second kappa shape index (κ2) is 8.06. The van der Waals surface area contributed by atoms with Crippen molar-refractivity contribution in [3.63, 3.8) is 0 Å². The summed E-state index contributed by atoms with van der Waals surface area (Å²) in [6.07, 6.45) is 0. The van der Waals surface area contributed by atoms with E-state index in [0.29, 0.717) is 10.9 Å². The van der Waals surface area contributed by atoms with Crippen LogP contribution in [0.4, 0.5) is 0 Å². The normalized spacial score (nSPS) is 12.6. The number of fused-ring (bicyclic) bond motifs is 1. The molecule has 9 heteroatoms. The van der Waals surface area contributed by atoms with Crippen LogP contribution in [0, 0.1) is 6.92 Å².